The second kappa shape index (κ2) is 9.06. The number of hydrogen-bond acceptors (Lipinski definition) is 2. The lowest BCUT2D eigenvalue weighted by molar-refractivity contribution is 0.124. The second-order valence-corrected chi connectivity index (χ2v) is 4.45. The van der Waals surface area contributed by atoms with Crippen molar-refractivity contribution in [3.8, 4) is 0 Å². The summed E-state index contributed by atoms with van der Waals surface area (Å²) in [6.07, 6.45) is 2.68. The summed E-state index contributed by atoms with van der Waals surface area (Å²) in [7, 11) is 0. The second-order valence-electron chi connectivity index (χ2n) is 4.45. The maximum Gasteiger partial charge on any atom is 0.126 e. The molecule has 18 heavy (non-hydrogen) atoms. The molecule has 0 heterocycles. The van der Waals surface area contributed by atoms with Crippen molar-refractivity contribution in [3.63, 3.8) is 0 Å². The average Bonchev–Trinajstić information content (AvgIpc) is 2.37. The Balaban J connectivity index is 2.44. The molecule has 0 aliphatic heterocycles. The summed E-state index contributed by atoms with van der Waals surface area (Å²) in [5.74, 6) is -0.116. The number of likely N-dealkylation sites (N-methyl/N-ethyl adjacent to an activating group) is 1. The first kappa shape index (κ1) is 15.1. The van der Waals surface area contributed by atoms with E-state index in [2.05, 4.69) is 19.2 Å². The average molecular weight is 253 g/mol. The maximum absolute atomic E-state index is 13.6. The van der Waals surface area contributed by atoms with Gasteiger partial charge in [-0.2, -0.15) is 0 Å². The molecule has 0 saturated carbocycles. The zero-order valence-corrected chi connectivity index (χ0v) is 11.4. The molecule has 0 bridgehead atoms. The number of benzene rings is 1. The molecule has 1 unspecified atom stereocenters. The van der Waals surface area contributed by atoms with E-state index in [1.54, 1.807) is 6.07 Å². The predicted octanol–water partition coefficient (Wildman–Crippen LogP) is 3.16. The minimum absolute atomic E-state index is 0.116. The number of ether oxygens (including phenoxy) is 1. The van der Waals surface area contributed by atoms with E-state index >= 15 is 0 Å². The third kappa shape index (κ3) is 5.61. The van der Waals surface area contributed by atoms with E-state index in [0.717, 1.165) is 44.6 Å². The number of hydrogen-bond donors (Lipinski definition) is 1. The standard InChI is InChI=1S/C15H24FNO/c1-3-10-18-11-9-14(17-4-2)12-13-7-5-6-8-15(13)16/h5-8,14,17H,3-4,9-12H2,1-2H3. The lowest BCUT2D eigenvalue weighted by Gasteiger charge is -2.18. The summed E-state index contributed by atoms with van der Waals surface area (Å²) < 4.78 is 19.1. The Morgan fingerprint density at radius 3 is 2.67 bits per heavy atom. The zero-order chi connectivity index (χ0) is 13.2. The molecule has 1 rings (SSSR count). The molecule has 0 aromatic heterocycles. The van der Waals surface area contributed by atoms with Crippen LogP contribution >= 0.6 is 0 Å². The monoisotopic (exact) mass is 253 g/mol. The molecule has 1 aromatic carbocycles. The Morgan fingerprint density at radius 1 is 1.22 bits per heavy atom. The van der Waals surface area contributed by atoms with Gasteiger partial charge in [-0.3, -0.25) is 0 Å². The van der Waals surface area contributed by atoms with Crippen LogP contribution in [0.2, 0.25) is 0 Å². The Kier molecular flexibility index (Phi) is 7.62. The molecule has 0 aliphatic rings. The van der Waals surface area contributed by atoms with Crippen LogP contribution in [-0.4, -0.2) is 25.8 Å². The number of nitrogens with one attached hydrogen (secondary N) is 1. The summed E-state index contributed by atoms with van der Waals surface area (Å²) in [4.78, 5) is 0. The smallest absolute Gasteiger partial charge is 0.126 e. The number of halogens is 1. The van der Waals surface area contributed by atoms with Crippen LogP contribution in [0.1, 0.15) is 32.3 Å². The van der Waals surface area contributed by atoms with Crippen LogP contribution < -0.4 is 5.32 Å². The maximum atomic E-state index is 13.6. The summed E-state index contributed by atoms with van der Waals surface area (Å²) in [5.41, 5.74) is 0.777. The highest BCUT2D eigenvalue weighted by atomic mass is 19.1. The molecule has 1 atom stereocenters. The Morgan fingerprint density at radius 2 is 2.00 bits per heavy atom. The van der Waals surface area contributed by atoms with Crippen molar-refractivity contribution in [2.75, 3.05) is 19.8 Å². The zero-order valence-electron chi connectivity index (χ0n) is 11.4. The first-order chi connectivity index (χ1) is 8.77. The highest BCUT2D eigenvalue weighted by molar-refractivity contribution is 5.18. The third-order valence-electron chi connectivity index (χ3n) is 2.88. The van der Waals surface area contributed by atoms with Gasteiger partial charge in [-0.05, 0) is 37.4 Å². The van der Waals surface area contributed by atoms with E-state index in [0.29, 0.717) is 0 Å². The molecule has 1 aromatic rings. The van der Waals surface area contributed by atoms with Crippen molar-refractivity contribution in [1.29, 1.82) is 0 Å². The normalized spacial score (nSPS) is 12.6. The minimum Gasteiger partial charge on any atom is -0.381 e. The highest BCUT2D eigenvalue weighted by Gasteiger charge is 2.10. The van der Waals surface area contributed by atoms with Gasteiger partial charge in [0, 0.05) is 19.3 Å². The van der Waals surface area contributed by atoms with Crippen molar-refractivity contribution < 1.29 is 9.13 Å². The van der Waals surface area contributed by atoms with E-state index in [4.69, 9.17) is 4.74 Å². The van der Waals surface area contributed by atoms with Crippen LogP contribution in [-0.2, 0) is 11.2 Å². The van der Waals surface area contributed by atoms with Crippen LogP contribution in [0.3, 0.4) is 0 Å². The van der Waals surface area contributed by atoms with Crippen molar-refractivity contribution in [2.45, 2.75) is 39.2 Å². The summed E-state index contributed by atoms with van der Waals surface area (Å²) >= 11 is 0. The van der Waals surface area contributed by atoms with Gasteiger partial charge in [0.15, 0.2) is 0 Å². The van der Waals surface area contributed by atoms with E-state index in [1.807, 2.05) is 12.1 Å². The van der Waals surface area contributed by atoms with Gasteiger partial charge >= 0.3 is 0 Å². The molecule has 0 fully saturated rings. The van der Waals surface area contributed by atoms with Gasteiger partial charge in [0.2, 0.25) is 0 Å². The minimum atomic E-state index is -0.116. The van der Waals surface area contributed by atoms with Crippen molar-refractivity contribution in [1.82, 2.24) is 5.32 Å². The highest BCUT2D eigenvalue weighted by Crippen LogP contribution is 2.11. The first-order valence-electron chi connectivity index (χ1n) is 6.82. The fourth-order valence-electron chi connectivity index (χ4n) is 1.97. The van der Waals surface area contributed by atoms with Crippen LogP contribution in [0.5, 0.6) is 0 Å². The molecular formula is C15H24FNO. The van der Waals surface area contributed by atoms with Gasteiger partial charge in [-0.25, -0.2) is 4.39 Å². The van der Waals surface area contributed by atoms with Crippen LogP contribution in [0, 0.1) is 5.82 Å². The third-order valence-corrected chi connectivity index (χ3v) is 2.88. The molecule has 0 spiro atoms. The van der Waals surface area contributed by atoms with Gasteiger partial charge in [0.1, 0.15) is 5.82 Å². The summed E-state index contributed by atoms with van der Waals surface area (Å²) in [6.45, 7) is 6.60. The molecule has 1 N–H and O–H groups in total. The van der Waals surface area contributed by atoms with Crippen LogP contribution in [0.15, 0.2) is 24.3 Å². The van der Waals surface area contributed by atoms with E-state index in [-0.39, 0.29) is 11.9 Å². The topological polar surface area (TPSA) is 21.3 Å². The number of rotatable bonds is 9. The van der Waals surface area contributed by atoms with E-state index < -0.39 is 0 Å². The van der Waals surface area contributed by atoms with Crippen LogP contribution in [0.25, 0.3) is 0 Å². The molecule has 102 valence electrons. The Hall–Kier alpha value is -0.930. The predicted molar refractivity (Wildman–Crippen MR) is 73.3 cm³/mol. The Bertz CT molecular complexity index is 330. The molecule has 2 nitrogen and oxygen atoms in total. The van der Waals surface area contributed by atoms with Gasteiger partial charge in [0.05, 0.1) is 0 Å². The van der Waals surface area contributed by atoms with Gasteiger partial charge < -0.3 is 10.1 Å². The fraction of sp³-hybridized carbons (Fsp3) is 0.600. The van der Waals surface area contributed by atoms with Crippen LogP contribution in [0.4, 0.5) is 4.39 Å². The molecule has 0 amide bonds. The largest absolute Gasteiger partial charge is 0.381 e. The van der Waals surface area contributed by atoms with Crippen molar-refractivity contribution in [2.24, 2.45) is 0 Å². The molecule has 0 saturated heterocycles. The molecule has 0 radical (unpaired) electrons. The van der Waals surface area contributed by atoms with Crippen molar-refractivity contribution >= 4 is 0 Å². The fourth-order valence-corrected chi connectivity index (χ4v) is 1.97. The SMILES string of the molecule is CCCOCCC(Cc1ccccc1F)NCC. The first-order valence-corrected chi connectivity index (χ1v) is 6.82. The lowest BCUT2D eigenvalue weighted by atomic mass is 10.0. The quantitative estimate of drug-likeness (QED) is 0.683. The van der Waals surface area contributed by atoms with Gasteiger partial charge in [0.25, 0.3) is 0 Å². The summed E-state index contributed by atoms with van der Waals surface area (Å²) in [5, 5.41) is 3.39. The molecular weight excluding hydrogens is 229 g/mol. The van der Waals surface area contributed by atoms with Gasteiger partial charge in [-0.1, -0.05) is 32.0 Å². The Labute approximate surface area is 110 Å². The lowest BCUT2D eigenvalue weighted by Crippen LogP contribution is -2.32. The molecule has 0 aliphatic carbocycles. The summed E-state index contributed by atoms with van der Waals surface area (Å²) in [6, 6.07) is 7.27. The van der Waals surface area contributed by atoms with Crippen molar-refractivity contribution in [3.05, 3.63) is 35.6 Å². The van der Waals surface area contributed by atoms with E-state index in [9.17, 15) is 4.39 Å². The van der Waals surface area contributed by atoms with Gasteiger partial charge in [-0.15, -0.1) is 0 Å². The van der Waals surface area contributed by atoms with E-state index in [1.165, 1.54) is 6.07 Å². The molecule has 3 heteroatoms.